The normalized spacial score (nSPS) is 31.7. The molecule has 3 saturated heterocycles. The van der Waals surface area contributed by atoms with E-state index < -0.39 is 29.8 Å². The Morgan fingerprint density at radius 3 is 2.47 bits per heavy atom. The van der Waals surface area contributed by atoms with Crippen LogP contribution in [0.1, 0.15) is 27.2 Å². The molecule has 6 heteroatoms. The van der Waals surface area contributed by atoms with E-state index in [2.05, 4.69) is 0 Å². The number of morpholine rings is 1. The van der Waals surface area contributed by atoms with Gasteiger partial charge in [-0.3, -0.25) is 4.90 Å². The number of hydrogen-bond donors (Lipinski definition) is 1. The van der Waals surface area contributed by atoms with Gasteiger partial charge in [-0.1, -0.05) is 0 Å². The highest BCUT2D eigenvalue weighted by Crippen LogP contribution is 2.34. The van der Waals surface area contributed by atoms with E-state index in [4.69, 9.17) is 14.6 Å². The second-order valence-corrected chi connectivity index (χ2v) is 5.45. The van der Waals surface area contributed by atoms with Crippen LogP contribution >= 0.6 is 0 Å². The molecule has 0 aromatic rings. The molecule has 3 aliphatic heterocycles. The lowest BCUT2D eigenvalue weighted by Gasteiger charge is -2.50. The first kappa shape index (κ1) is 12.2. The number of ether oxygens (including phenoxy) is 2. The highest BCUT2D eigenvalue weighted by molar-refractivity contribution is 5.81. The largest absolute Gasteiger partial charge is 0.480 e. The Morgan fingerprint density at radius 2 is 2.00 bits per heavy atom. The van der Waals surface area contributed by atoms with Crippen LogP contribution in [0, 0.1) is 0 Å². The molecule has 17 heavy (non-hydrogen) atoms. The number of carboxylic acids is 1. The highest BCUT2D eigenvalue weighted by atomic mass is 16.6. The lowest BCUT2D eigenvalue weighted by atomic mass is 9.91. The molecule has 0 aromatic heterocycles. The number of rotatable bonds is 1. The Balaban J connectivity index is 2.08. The van der Waals surface area contributed by atoms with E-state index in [9.17, 15) is 9.59 Å². The summed E-state index contributed by atoms with van der Waals surface area (Å²) >= 11 is 0. The van der Waals surface area contributed by atoms with Crippen LogP contribution in [0.25, 0.3) is 0 Å². The summed E-state index contributed by atoms with van der Waals surface area (Å²) in [6.07, 6.45) is -0.305. The first-order chi connectivity index (χ1) is 7.78. The maximum Gasteiger partial charge on any atom is 0.411 e. The molecule has 2 bridgehead atoms. The summed E-state index contributed by atoms with van der Waals surface area (Å²) < 4.78 is 10.5. The van der Waals surface area contributed by atoms with Crippen LogP contribution < -0.4 is 0 Å². The summed E-state index contributed by atoms with van der Waals surface area (Å²) in [5.41, 5.74) is -0.622. The number of carboxylic acid groups (broad SMARTS) is 1. The molecule has 3 heterocycles. The van der Waals surface area contributed by atoms with Crippen molar-refractivity contribution in [3.63, 3.8) is 0 Å². The fourth-order valence-corrected chi connectivity index (χ4v) is 2.15. The second-order valence-electron chi connectivity index (χ2n) is 5.45. The Labute approximate surface area is 99.5 Å². The number of aliphatic carboxylic acids is 1. The second kappa shape index (κ2) is 3.87. The van der Waals surface area contributed by atoms with Gasteiger partial charge in [0.05, 0.1) is 18.8 Å². The number of hydrogen-bond acceptors (Lipinski definition) is 4. The molecule has 1 amide bonds. The summed E-state index contributed by atoms with van der Waals surface area (Å²) in [6, 6.07) is -0.921. The third-order valence-electron chi connectivity index (χ3n) is 2.83. The molecule has 0 aromatic carbocycles. The predicted octanol–water partition coefficient (Wildman–Crippen LogP) is 0.848. The zero-order chi connectivity index (χ0) is 12.8. The Bertz CT molecular complexity index is 342. The molecule has 3 aliphatic rings. The summed E-state index contributed by atoms with van der Waals surface area (Å²) in [6.45, 7) is 5.55. The Morgan fingerprint density at radius 1 is 1.41 bits per heavy atom. The number of carbonyl (C=O) groups is 2. The summed E-state index contributed by atoms with van der Waals surface area (Å²) in [5, 5.41) is 9.12. The van der Waals surface area contributed by atoms with Crippen molar-refractivity contribution in [1.29, 1.82) is 0 Å². The van der Waals surface area contributed by atoms with Gasteiger partial charge >= 0.3 is 12.1 Å². The van der Waals surface area contributed by atoms with E-state index in [0.717, 1.165) is 0 Å². The summed E-state index contributed by atoms with van der Waals surface area (Å²) in [5.74, 6) is -1.04. The van der Waals surface area contributed by atoms with Crippen molar-refractivity contribution >= 4 is 12.1 Å². The predicted molar refractivity (Wildman–Crippen MR) is 57.6 cm³/mol. The number of piperidine rings is 1. The van der Waals surface area contributed by atoms with E-state index in [1.807, 2.05) is 0 Å². The molecule has 3 unspecified atom stereocenters. The van der Waals surface area contributed by atoms with Gasteiger partial charge in [0.2, 0.25) is 0 Å². The lowest BCUT2D eigenvalue weighted by molar-refractivity contribution is -0.211. The van der Waals surface area contributed by atoms with Gasteiger partial charge in [-0.15, -0.1) is 0 Å². The van der Waals surface area contributed by atoms with Gasteiger partial charge < -0.3 is 14.6 Å². The molecule has 3 rings (SSSR count). The topological polar surface area (TPSA) is 76.1 Å². The molecule has 3 atom stereocenters. The monoisotopic (exact) mass is 243 g/mol. The third kappa shape index (κ3) is 2.36. The standard InChI is InChI=1S/C11H17NO5/c1-11(2,3)17-10(15)12-5-6-4-7(16-6)8(12)9(13)14/h6-8H,4-5H2,1-3H3,(H,13,14). The van der Waals surface area contributed by atoms with E-state index in [1.165, 1.54) is 4.90 Å². The van der Waals surface area contributed by atoms with Crippen molar-refractivity contribution in [2.75, 3.05) is 6.54 Å². The van der Waals surface area contributed by atoms with Crippen LogP contribution in [0.3, 0.4) is 0 Å². The minimum atomic E-state index is -1.04. The maximum atomic E-state index is 11.9. The van der Waals surface area contributed by atoms with Crippen molar-refractivity contribution in [3.05, 3.63) is 0 Å². The maximum absolute atomic E-state index is 11.9. The van der Waals surface area contributed by atoms with E-state index >= 15 is 0 Å². The molecule has 0 spiro atoms. The smallest absolute Gasteiger partial charge is 0.411 e. The van der Waals surface area contributed by atoms with E-state index in [1.54, 1.807) is 20.8 Å². The molecule has 1 N–H and O–H groups in total. The van der Waals surface area contributed by atoms with Gasteiger partial charge in [0, 0.05) is 6.42 Å². The average molecular weight is 243 g/mol. The number of nitrogens with zero attached hydrogens (tertiary/aromatic N) is 1. The first-order valence-electron chi connectivity index (χ1n) is 5.66. The van der Waals surface area contributed by atoms with Gasteiger partial charge in [-0.2, -0.15) is 0 Å². The van der Waals surface area contributed by atoms with Crippen molar-refractivity contribution in [2.45, 2.75) is 51.0 Å². The van der Waals surface area contributed by atoms with Crippen LogP contribution in [0.2, 0.25) is 0 Å². The Hall–Kier alpha value is -1.30. The van der Waals surface area contributed by atoms with Crippen LogP contribution in [0.5, 0.6) is 0 Å². The van der Waals surface area contributed by atoms with Crippen molar-refractivity contribution in [3.8, 4) is 0 Å². The molecule has 0 aliphatic carbocycles. The number of amides is 1. The van der Waals surface area contributed by atoms with Gasteiger partial charge in [-0.25, -0.2) is 9.59 Å². The van der Waals surface area contributed by atoms with Crippen LogP contribution in [0.4, 0.5) is 4.79 Å². The summed E-state index contributed by atoms with van der Waals surface area (Å²) in [4.78, 5) is 24.3. The zero-order valence-corrected chi connectivity index (χ0v) is 10.2. The van der Waals surface area contributed by atoms with Crippen molar-refractivity contribution in [1.82, 2.24) is 4.90 Å². The number of carbonyl (C=O) groups excluding carboxylic acids is 1. The molecule has 3 fully saturated rings. The van der Waals surface area contributed by atoms with Gasteiger partial charge in [0.25, 0.3) is 0 Å². The van der Waals surface area contributed by atoms with E-state index in [0.29, 0.717) is 13.0 Å². The lowest BCUT2D eigenvalue weighted by Crippen LogP contribution is -2.67. The van der Waals surface area contributed by atoms with Crippen molar-refractivity contribution < 1.29 is 24.2 Å². The van der Waals surface area contributed by atoms with Gasteiger partial charge in [-0.05, 0) is 20.8 Å². The fourth-order valence-electron chi connectivity index (χ4n) is 2.15. The number of fused-ring (bicyclic) bond motifs is 2. The molecule has 0 radical (unpaired) electrons. The first-order valence-corrected chi connectivity index (χ1v) is 5.66. The molecular formula is C11H17NO5. The SMILES string of the molecule is CC(C)(C)OC(=O)N1CC2CC(O2)C1C(=O)O. The van der Waals surface area contributed by atoms with Crippen LogP contribution in [-0.2, 0) is 14.3 Å². The highest BCUT2D eigenvalue weighted by Gasteiger charge is 2.52. The fraction of sp³-hybridized carbons (Fsp3) is 0.818. The van der Waals surface area contributed by atoms with E-state index in [-0.39, 0.29) is 6.10 Å². The quantitative estimate of drug-likeness (QED) is 0.738. The zero-order valence-electron chi connectivity index (χ0n) is 10.2. The third-order valence-corrected chi connectivity index (χ3v) is 2.83. The van der Waals surface area contributed by atoms with Gasteiger partial charge in [0.1, 0.15) is 5.60 Å². The summed E-state index contributed by atoms with van der Waals surface area (Å²) in [7, 11) is 0. The molecular weight excluding hydrogens is 226 g/mol. The Kier molecular flexibility index (Phi) is 2.77. The molecule has 96 valence electrons. The van der Waals surface area contributed by atoms with Crippen LogP contribution in [-0.4, -0.2) is 52.5 Å². The minimum Gasteiger partial charge on any atom is -0.480 e. The minimum absolute atomic E-state index is 0.0388. The van der Waals surface area contributed by atoms with Crippen molar-refractivity contribution in [2.24, 2.45) is 0 Å². The van der Waals surface area contributed by atoms with Crippen LogP contribution in [0.15, 0.2) is 0 Å². The molecule has 6 nitrogen and oxygen atoms in total. The average Bonchev–Trinajstić information content (AvgIpc) is 2.12. The molecule has 0 saturated carbocycles. The van der Waals surface area contributed by atoms with Gasteiger partial charge in [0.15, 0.2) is 6.04 Å².